The summed E-state index contributed by atoms with van der Waals surface area (Å²) in [4.78, 5) is 20.5. The molecule has 0 aromatic heterocycles. The number of nitrogens with zero attached hydrogens (tertiary/aromatic N) is 1. The standard InChI is InChI=1S/C11H14N2O6S/c1-2-3-10(11(14)15)12-20(18,19)9-6-4-8(5-7-9)13(16)17/h4-7,10,12H,2-3H2,1H3,(H,14,15)/t10-/m1/s1. The van der Waals surface area contributed by atoms with Crippen molar-refractivity contribution in [1.82, 2.24) is 4.72 Å². The number of benzene rings is 1. The fourth-order valence-electron chi connectivity index (χ4n) is 1.52. The highest BCUT2D eigenvalue weighted by molar-refractivity contribution is 7.89. The molecule has 110 valence electrons. The number of carboxylic acid groups (broad SMARTS) is 1. The predicted molar refractivity (Wildman–Crippen MR) is 69.7 cm³/mol. The van der Waals surface area contributed by atoms with Crippen molar-refractivity contribution in [3.63, 3.8) is 0 Å². The van der Waals surface area contributed by atoms with Crippen molar-refractivity contribution >= 4 is 21.7 Å². The Morgan fingerprint density at radius 1 is 1.40 bits per heavy atom. The lowest BCUT2D eigenvalue weighted by molar-refractivity contribution is -0.384. The Morgan fingerprint density at radius 2 is 1.95 bits per heavy atom. The number of aliphatic carboxylic acids is 1. The van der Waals surface area contributed by atoms with Crippen LogP contribution >= 0.6 is 0 Å². The first-order valence-electron chi connectivity index (χ1n) is 5.77. The van der Waals surface area contributed by atoms with Crippen molar-refractivity contribution in [2.24, 2.45) is 0 Å². The summed E-state index contributed by atoms with van der Waals surface area (Å²) in [6, 6.07) is 2.99. The Balaban J connectivity index is 2.98. The average Bonchev–Trinajstić information content (AvgIpc) is 2.38. The van der Waals surface area contributed by atoms with Crippen molar-refractivity contribution in [3.8, 4) is 0 Å². The van der Waals surface area contributed by atoms with Gasteiger partial charge in [-0.3, -0.25) is 14.9 Å². The fourth-order valence-corrected chi connectivity index (χ4v) is 2.75. The van der Waals surface area contributed by atoms with Crippen molar-refractivity contribution in [2.45, 2.75) is 30.7 Å². The van der Waals surface area contributed by atoms with Gasteiger partial charge in [0, 0.05) is 12.1 Å². The zero-order valence-corrected chi connectivity index (χ0v) is 11.5. The van der Waals surface area contributed by atoms with Crippen LogP contribution in [0, 0.1) is 10.1 Å². The molecule has 0 aliphatic rings. The number of nitro benzene ring substituents is 1. The second-order valence-corrected chi connectivity index (χ2v) is 5.77. The minimum absolute atomic E-state index is 0.154. The SMILES string of the molecule is CCC[C@@H](NS(=O)(=O)c1ccc([N+](=O)[O-])cc1)C(=O)O. The van der Waals surface area contributed by atoms with Crippen LogP contribution < -0.4 is 4.72 Å². The maximum absolute atomic E-state index is 12.0. The molecule has 20 heavy (non-hydrogen) atoms. The van der Waals surface area contributed by atoms with Crippen LogP contribution in [0.4, 0.5) is 5.69 Å². The minimum Gasteiger partial charge on any atom is -0.480 e. The summed E-state index contributed by atoms with van der Waals surface area (Å²) < 4.78 is 26.0. The maximum atomic E-state index is 12.0. The number of hydrogen-bond acceptors (Lipinski definition) is 5. The normalized spacial score (nSPS) is 12.8. The summed E-state index contributed by atoms with van der Waals surface area (Å²) >= 11 is 0. The number of hydrogen-bond donors (Lipinski definition) is 2. The highest BCUT2D eigenvalue weighted by atomic mass is 32.2. The molecule has 0 fully saturated rings. The lowest BCUT2D eigenvalue weighted by Crippen LogP contribution is -2.40. The Kier molecular flexibility index (Phi) is 5.17. The van der Waals surface area contributed by atoms with E-state index in [4.69, 9.17) is 5.11 Å². The van der Waals surface area contributed by atoms with E-state index in [1.807, 2.05) is 0 Å². The van der Waals surface area contributed by atoms with Gasteiger partial charge in [0.2, 0.25) is 10.0 Å². The first-order valence-corrected chi connectivity index (χ1v) is 7.26. The molecule has 0 bridgehead atoms. The van der Waals surface area contributed by atoms with Gasteiger partial charge in [0.25, 0.3) is 5.69 Å². The fraction of sp³-hybridized carbons (Fsp3) is 0.364. The van der Waals surface area contributed by atoms with Gasteiger partial charge in [-0.25, -0.2) is 8.42 Å². The van der Waals surface area contributed by atoms with E-state index in [1.54, 1.807) is 6.92 Å². The molecule has 8 nitrogen and oxygen atoms in total. The van der Waals surface area contributed by atoms with Crippen LogP contribution in [0.25, 0.3) is 0 Å². The summed E-state index contributed by atoms with van der Waals surface area (Å²) in [7, 11) is -4.02. The molecule has 1 atom stereocenters. The molecule has 0 saturated heterocycles. The quantitative estimate of drug-likeness (QED) is 0.574. The van der Waals surface area contributed by atoms with E-state index in [-0.39, 0.29) is 17.0 Å². The topological polar surface area (TPSA) is 127 Å². The molecule has 0 heterocycles. The van der Waals surface area contributed by atoms with E-state index in [2.05, 4.69) is 4.72 Å². The van der Waals surface area contributed by atoms with E-state index in [0.717, 1.165) is 24.3 Å². The van der Waals surface area contributed by atoms with Gasteiger partial charge < -0.3 is 5.11 Å². The van der Waals surface area contributed by atoms with E-state index in [1.165, 1.54) is 0 Å². The molecular formula is C11H14N2O6S. The van der Waals surface area contributed by atoms with Crippen LogP contribution in [0.1, 0.15) is 19.8 Å². The Labute approximate surface area is 115 Å². The summed E-state index contributed by atoms with van der Waals surface area (Å²) in [5, 5.41) is 19.4. The number of carboxylic acids is 1. The molecular weight excluding hydrogens is 288 g/mol. The molecule has 1 rings (SSSR count). The molecule has 0 unspecified atom stereocenters. The molecule has 0 amide bonds. The van der Waals surface area contributed by atoms with E-state index >= 15 is 0 Å². The summed E-state index contributed by atoms with van der Waals surface area (Å²) in [5.41, 5.74) is -0.243. The van der Waals surface area contributed by atoms with Gasteiger partial charge in [-0.15, -0.1) is 0 Å². The summed E-state index contributed by atoms with van der Waals surface area (Å²) in [5.74, 6) is -1.27. The summed E-state index contributed by atoms with van der Waals surface area (Å²) in [6.07, 6.45) is 0.654. The van der Waals surface area contributed by atoms with Crippen LogP contribution in [0.5, 0.6) is 0 Å². The van der Waals surface area contributed by atoms with Gasteiger partial charge in [0.15, 0.2) is 0 Å². The van der Waals surface area contributed by atoms with Gasteiger partial charge in [0.1, 0.15) is 6.04 Å². The highest BCUT2D eigenvalue weighted by Gasteiger charge is 2.24. The van der Waals surface area contributed by atoms with E-state index < -0.39 is 27.0 Å². The monoisotopic (exact) mass is 302 g/mol. The van der Waals surface area contributed by atoms with Gasteiger partial charge in [-0.05, 0) is 18.6 Å². The number of sulfonamides is 1. The van der Waals surface area contributed by atoms with Crippen LogP contribution in [-0.2, 0) is 14.8 Å². The molecule has 0 saturated carbocycles. The van der Waals surface area contributed by atoms with E-state index in [9.17, 15) is 23.3 Å². The van der Waals surface area contributed by atoms with Gasteiger partial charge in [-0.2, -0.15) is 4.72 Å². The molecule has 2 N–H and O–H groups in total. The number of nitro groups is 1. The third kappa shape index (κ3) is 4.00. The molecule has 1 aromatic rings. The van der Waals surface area contributed by atoms with Crippen molar-refractivity contribution in [3.05, 3.63) is 34.4 Å². The number of non-ortho nitro benzene ring substituents is 1. The second kappa shape index (κ2) is 6.44. The van der Waals surface area contributed by atoms with Gasteiger partial charge >= 0.3 is 5.97 Å². The molecule has 0 aliphatic heterocycles. The Morgan fingerprint density at radius 3 is 2.35 bits per heavy atom. The van der Waals surface area contributed by atoms with Crippen molar-refractivity contribution in [1.29, 1.82) is 0 Å². The number of rotatable bonds is 7. The highest BCUT2D eigenvalue weighted by Crippen LogP contribution is 2.16. The molecule has 1 aromatic carbocycles. The lowest BCUT2D eigenvalue weighted by Gasteiger charge is -2.13. The third-order valence-corrected chi connectivity index (χ3v) is 4.02. The predicted octanol–water partition coefficient (Wildman–Crippen LogP) is 1.13. The Hall–Kier alpha value is -2.00. The minimum atomic E-state index is -4.02. The molecule has 0 spiro atoms. The number of carbonyl (C=O) groups is 1. The van der Waals surface area contributed by atoms with Crippen molar-refractivity contribution in [2.75, 3.05) is 0 Å². The average molecular weight is 302 g/mol. The van der Waals surface area contributed by atoms with Gasteiger partial charge in [-0.1, -0.05) is 13.3 Å². The van der Waals surface area contributed by atoms with E-state index in [0.29, 0.717) is 6.42 Å². The first kappa shape index (κ1) is 16.1. The molecule has 0 aliphatic carbocycles. The molecule has 0 radical (unpaired) electrons. The maximum Gasteiger partial charge on any atom is 0.321 e. The third-order valence-electron chi connectivity index (χ3n) is 2.53. The van der Waals surface area contributed by atoms with Crippen LogP contribution in [0.2, 0.25) is 0 Å². The second-order valence-electron chi connectivity index (χ2n) is 4.05. The van der Waals surface area contributed by atoms with Crippen LogP contribution in [0.15, 0.2) is 29.2 Å². The van der Waals surface area contributed by atoms with Crippen molar-refractivity contribution < 1.29 is 23.2 Å². The summed E-state index contributed by atoms with van der Waals surface area (Å²) in [6.45, 7) is 1.73. The van der Waals surface area contributed by atoms with Crippen LogP contribution in [-0.4, -0.2) is 30.5 Å². The zero-order valence-electron chi connectivity index (χ0n) is 10.6. The zero-order chi connectivity index (χ0) is 15.3. The largest absolute Gasteiger partial charge is 0.480 e. The Bertz CT molecular complexity index is 596. The van der Waals surface area contributed by atoms with Crippen LogP contribution in [0.3, 0.4) is 0 Å². The number of nitrogens with one attached hydrogen (secondary N) is 1. The smallest absolute Gasteiger partial charge is 0.321 e. The first-order chi connectivity index (χ1) is 9.27. The van der Waals surface area contributed by atoms with Gasteiger partial charge in [0.05, 0.1) is 9.82 Å². The lowest BCUT2D eigenvalue weighted by atomic mass is 10.2. The molecule has 9 heteroatoms.